The van der Waals surface area contributed by atoms with Gasteiger partial charge in [-0.15, -0.1) is 0 Å². The topological polar surface area (TPSA) is 12.5 Å². The molecule has 0 radical (unpaired) electrons. The highest BCUT2D eigenvalue weighted by Crippen LogP contribution is 2.49. The van der Waals surface area contributed by atoms with E-state index in [1.807, 2.05) is 0 Å². The smallest absolute Gasteiger partial charge is 0.151 e. The summed E-state index contributed by atoms with van der Waals surface area (Å²) in [7, 11) is 2.13. The minimum absolute atomic E-state index is 0.850. The van der Waals surface area contributed by atoms with Crippen LogP contribution < -0.4 is 9.64 Å². The zero-order valence-corrected chi connectivity index (χ0v) is 32.2. The maximum absolute atomic E-state index is 6.82. The molecule has 0 amide bonds. The number of aryl methyl sites for hydroxylation is 2. The average molecular weight is 730 g/mol. The van der Waals surface area contributed by atoms with Crippen LogP contribution in [0.2, 0.25) is 0 Å². The predicted molar refractivity (Wildman–Crippen MR) is 242 cm³/mol. The molecule has 0 N–H and O–H groups in total. The molecule has 11 rings (SSSR count). The van der Waals surface area contributed by atoms with Crippen molar-refractivity contribution in [3.63, 3.8) is 0 Å². The van der Waals surface area contributed by atoms with Crippen LogP contribution in [0.1, 0.15) is 11.1 Å². The summed E-state index contributed by atoms with van der Waals surface area (Å²) in [5.41, 5.74) is 14.3. The standard InChI is InChI=1S/C55H39NO/c1-34-42-18-4-8-22-46(42)54(47-23-9-5-19-43(34)47)40-16-12-14-36(30-40)38-26-28-50-52(32-38)57-53-33-39(27-29-51(53)56(50)3)37-15-13-17-41(31-37)55-48-24-10-6-20-44(48)35(2)45-21-7-11-25-49(45)55/h4-33H,1-3H3. The third-order valence-corrected chi connectivity index (χ3v) is 12.2. The van der Waals surface area contributed by atoms with E-state index in [0.717, 1.165) is 45.1 Å². The van der Waals surface area contributed by atoms with E-state index in [-0.39, 0.29) is 0 Å². The first-order chi connectivity index (χ1) is 28.0. The summed E-state index contributed by atoms with van der Waals surface area (Å²) in [6, 6.07) is 66.3. The van der Waals surface area contributed by atoms with Gasteiger partial charge in [-0.3, -0.25) is 0 Å². The Morgan fingerprint density at radius 1 is 0.316 bits per heavy atom. The average Bonchev–Trinajstić information content (AvgIpc) is 3.27. The highest BCUT2D eigenvalue weighted by molar-refractivity contribution is 6.16. The van der Waals surface area contributed by atoms with Crippen LogP contribution in [-0.4, -0.2) is 7.05 Å². The lowest BCUT2D eigenvalue weighted by atomic mass is 9.88. The second-order valence-corrected chi connectivity index (χ2v) is 15.4. The fraction of sp³-hybridized carbons (Fsp3) is 0.0545. The van der Waals surface area contributed by atoms with E-state index < -0.39 is 0 Å². The molecule has 2 heteroatoms. The minimum atomic E-state index is 0.850. The van der Waals surface area contributed by atoms with Crippen LogP contribution in [0, 0.1) is 13.8 Å². The van der Waals surface area contributed by atoms with E-state index in [0.29, 0.717) is 0 Å². The Labute approximate surface area is 332 Å². The van der Waals surface area contributed by atoms with Crippen LogP contribution >= 0.6 is 0 Å². The molecule has 2 nitrogen and oxygen atoms in total. The highest BCUT2D eigenvalue weighted by Gasteiger charge is 2.24. The lowest BCUT2D eigenvalue weighted by Crippen LogP contribution is -2.15. The van der Waals surface area contributed by atoms with Crippen molar-refractivity contribution in [3.05, 3.63) is 193 Å². The molecule has 0 saturated carbocycles. The molecule has 270 valence electrons. The molecule has 10 aromatic rings. The Kier molecular flexibility index (Phi) is 7.55. The van der Waals surface area contributed by atoms with Crippen molar-refractivity contribution in [1.29, 1.82) is 0 Å². The van der Waals surface area contributed by atoms with Gasteiger partial charge in [0.15, 0.2) is 11.5 Å². The molecule has 0 bridgehead atoms. The predicted octanol–water partition coefficient (Wildman–Crippen LogP) is 15.5. The van der Waals surface area contributed by atoms with Gasteiger partial charge in [0.1, 0.15) is 0 Å². The lowest BCUT2D eigenvalue weighted by molar-refractivity contribution is 0.476. The van der Waals surface area contributed by atoms with Gasteiger partial charge in [0.2, 0.25) is 0 Å². The molecule has 0 atom stereocenters. The summed E-state index contributed by atoms with van der Waals surface area (Å²) in [5, 5.41) is 10.3. The molecule has 1 heterocycles. The lowest BCUT2D eigenvalue weighted by Gasteiger charge is -2.30. The van der Waals surface area contributed by atoms with Gasteiger partial charge in [-0.2, -0.15) is 0 Å². The summed E-state index contributed by atoms with van der Waals surface area (Å²) >= 11 is 0. The van der Waals surface area contributed by atoms with Gasteiger partial charge in [-0.25, -0.2) is 0 Å². The van der Waals surface area contributed by atoms with Crippen molar-refractivity contribution in [1.82, 2.24) is 0 Å². The summed E-state index contributed by atoms with van der Waals surface area (Å²) in [6.45, 7) is 4.48. The number of anilines is 2. The molecule has 0 unspecified atom stereocenters. The van der Waals surface area contributed by atoms with Crippen molar-refractivity contribution < 1.29 is 4.74 Å². The quantitative estimate of drug-likeness (QED) is 0.167. The van der Waals surface area contributed by atoms with Gasteiger partial charge in [-0.1, -0.05) is 146 Å². The Morgan fingerprint density at radius 2 is 0.632 bits per heavy atom. The molecule has 57 heavy (non-hydrogen) atoms. The molecule has 1 aliphatic heterocycles. The van der Waals surface area contributed by atoms with Crippen molar-refractivity contribution in [2.45, 2.75) is 13.8 Å². The van der Waals surface area contributed by atoms with E-state index >= 15 is 0 Å². The van der Waals surface area contributed by atoms with Gasteiger partial charge in [-0.05, 0) is 149 Å². The summed E-state index contributed by atoms with van der Waals surface area (Å²) < 4.78 is 6.82. The van der Waals surface area contributed by atoms with Crippen molar-refractivity contribution in [3.8, 4) is 56.0 Å². The molecule has 0 spiro atoms. The first kappa shape index (κ1) is 33.2. The molecule has 0 fully saturated rings. The van der Waals surface area contributed by atoms with Crippen molar-refractivity contribution >= 4 is 54.5 Å². The van der Waals surface area contributed by atoms with Crippen LogP contribution in [0.15, 0.2) is 182 Å². The monoisotopic (exact) mass is 729 g/mol. The number of rotatable bonds is 4. The fourth-order valence-electron chi connectivity index (χ4n) is 9.38. The highest BCUT2D eigenvalue weighted by atomic mass is 16.5. The summed E-state index contributed by atoms with van der Waals surface area (Å²) in [5.74, 6) is 1.70. The van der Waals surface area contributed by atoms with E-state index in [1.165, 1.54) is 76.5 Å². The Morgan fingerprint density at radius 3 is 1.00 bits per heavy atom. The normalized spacial score (nSPS) is 12.2. The number of benzene rings is 10. The third kappa shape index (κ3) is 5.25. The third-order valence-electron chi connectivity index (χ3n) is 12.2. The van der Waals surface area contributed by atoms with Crippen molar-refractivity contribution in [2.24, 2.45) is 0 Å². The molecule has 1 aliphatic rings. The van der Waals surface area contributed by atoms with E-state index in [1.54, 1.807) is 0 Å². The zero-order valence-electron chi connectivity index (χ0n) is 32.2. The second kappa shape index (κ2) is 13.0. The Bertz CT molecular complexity index is 2930. The summed E-state index contributed by atoms with van der Waals surface area (Å²) in [6.07, 6.45) is 0. The maximum Gasteiger partial charge on any atom is 0.151 e. The molecule has 0 saturated heterocycles. The molecule has 0 aliphatic carbocycles. The van der Waals surface area contributed by atoms with E-state index in [2.05, 4.69) is 208 Å². The first-order valence-electron chi connectivity index (χ1n) is 19.7. The number of hydrogen-bond donors (Lipinski definition) is 0. The number of ether oxygens (including phenoxy) is 1. The fourth-order valence-corrected chi connectivity index (χ4v) is 9.38. The maximum atomic E-state index is 6.82. The zero-order chi connectivity index (χ0) is 38.2. The molecule has 0 aromatic heterocycles. The van der Waals surface area contributed by atoms with E-state index in [4.69, 9.17) is 4.74 Å². The van der Waals surface area contributed by atoms with Gasteiger partial charge < -0.3 is 9.64 Å². The van der Waals surface area contributed by atoms with E-state index in [9.17, 15) is 0 Å². The largest absolute Gasteiger partial charge is 0.453 e. The first-order valence-corrected chi connectivity index (χ1v) is 19.7. The SMILES string of the molecule is Cc1c2ccccc2c(-c2cccc(-c3ccc4c(c3)Oc3cc(-c5cccc(-c6c7ccccc7c(C)c7ccccc67)c5)ccc3N4C)c2)c2ccccc12. The number of nitrogens with zero attached hydrogens (tertiary/aromatic N) is 1. The van der Waals surface area contributed by atoms with Gasteiger partial charge >= 0.3 is 0 Å². The van der Waals surface area contributed by atoms with Crippen molar-refractivity contribution in [2.75, 3.05) is 11.9 Å². The van der Waals surface area contributed by atoms with Gasteiger partial charge in [0.05, 0.1) is 11.4 Å². The molecular weight excluding hydrogens is 691 g/mol. The summed E-state index contributed by atoms with van der Waals surface area (Å²) in [4.78, 5) is 2.24. The number of fused-ring (bicyclic) bond motifs is 6. The van der Waals surface area contributed by atoms with Crippen LogP contribution in [0.3, 0.4) is 0 Å². The molecule has 10 aromatic carbocycles. The van der Waals surface area contributed by atoms with Gasteiger partial charge in [0.25, 0.3) is 0 Å². The molecular formula is C55H39NO. The van der Waals surface area contributed by atoms with Crippen LogP contribution in [0.4, 0.5) is 11.4 Å². The second-order valence-electron chi connectivity index (χ2n) is 15.4. The van der Waals surface area contributed by atoms with Crippen LogP contribution in [0.5, 0.6) is 11.5 Å². The number of hydrogen-bond acceptors (Lipinski definition) is 2. The van der Waals surface area contributed by atoms with Crippen LogP contribution in [0.25, 0.3) is 87.6 Å². The van der Waals surface area contributed by atoms with Gasteiger partial charge in [0, 0.05) is 7.05 Å². The Balaban J connectivity index is 0.970. The van der Waals surface area contributed by atoms with Crippen LogP contribution in [-0.2, 0) is 0 Å². The Hall–Kier alpha value is -7.16. The minimum Gasteiger partial charge on any atom is -0.453 e.